The van der Waals surface area contributed by atoms with Gasteiger partial charge in [0.1, 0.15) is 22.7 Å². The number of rotatable bonds is 17. The molecule has 0 atom stereocenters. The molecule has 0 aliphatic rings. The summed E-state index contributed by atoms with van der Waals surface area (Å²) in [5.41, 5.74) is 7.53. The number of fused-ring (bicyclic) bond motifs is 2. The Morgan fingerprint density at radius 2 is 1.15 bits per heavy atom. The number of nitrogens with two attached hydrogens (primary N) is 1. The van der Waals surface area contributed by atoms with Gasteiger partial charge in [0, 0.05) is 56.2 Å². The molecule has 0 amide bonds. The average molecular weight is 1080 g/mol. The van der Waals surface area contributed by atoms with Gasteiger partial charge in [-0.15, -0.1) is 0 Å². The number of nitro groups is 1. The van der Waals surface area contributed by atoms with E-state index in [9.17, 15) is 38.1 Å². The lowest BCUT2D eigenvalue weighted by molar-refractivity contribution is -0.383. The first-order valence-corrected chi connectivity index (χ1v) is 30.7. The Balaban J connectivity index is 0.000000271. The molecule has 0 spiro atoms. The first kappa shape index (κ1) is 58.3. The molecule has 13 nitrogen and oxygen atoms in total. The van der Waals surface area contributed by atoms with Gasteiger partial charge >= 0.3 is 5.97 Å². The molecule has 2 heterocycles. The van der Waals surface area contributed by atoms with Crippen molar-refractivity contribution in [3.8, 4) is 0 Å². The second-order valence-corrected chi connectivity index (χ2v) is 31.4. The van der Waals surface area contributed by atoms with Gasteiger partial charge in [-0.25, -0.2) is 13.6 Å². The molecule has 0 aliphatic carbocycles. The van der Waals surface area contributed by atoms with Crippen LogP contribution in [0.1, 0.15) is 105 Å². The Labute approximate surface area is 437 Å². The molecule has 19 heteroatoms. The average Bonchev–Trinajstić information content (AvgIpc) is 3.30. The quantitative estimate of drug-likeness (QED) is 0.0231. The molecule has 2 N–H and O–H groups in total. The largest absolute Gasteiger partial charge is 0.462 e. The number of hydrogen-bond acceptors (Lipinski definition) is 10. The molecular weight excluding hydrogens is 1010 g/mol. The minimum atomic E-state index is -2.10. The summed E-state index contributed by atoms with van der Waals surface area (Å²) in [4.78, 5) is 63.6. The van der Waals surface area contributed by atoms with Crippen LogP contribution in [0, 0.1) is 21.7 Å². The third-order valence-electron chi connectivity index (χ3n) is 13.8. The van der Waals surface area contributed by atoms with Crippen molar-refractivity contribution in [1.29, 1.82) is 0 Å². The second kappa shape index (κ2) is 23.3. The van der Waals surface area contributed by atoms with Crippen molar-refractivity contribution in [3.05, 3.63) is 159 Å². The Bertz CT molecular complexity index is 3200. The number of aromatic nitrogens is 2. The monoisotopic (exact) mass is 1080 g/mol. The molecular formula is C54H66Cl2F2N4O9Si2. The molecule has 4 aromatic carbocycles. The van der Waals surface area contributed by atoms with Gasteiger partial charge in [-0.2, -0.15) is 0 Å². The molecule has 0 fully saturated rings. The number of hydrogen-bond donors (Lipinski definition) is 1. The van der Waals surface area contributed by atoms with Gasteiger partial charge in [-0.3, -0.25) is 24.5 Å². The lowest BCUT2D eigenvalue weighted by Crippen LogP contribution is -2.41. The van der Waals surface area contributed by atoms with Crippen LogP contribution in [0.5, 0.6) is 0 Å². The standard InChI is InChI=1S/C27H32ClFN2O5Si.C27H34ClFN2O4Si/c1-7-23(32)20-16-30(11-12-36-37(5,6)27(2,3)4)25-19(26(20)33)14-17(15-22(25)31(34)35)13-18-9-8-10-21(28)24(18)29;1-7-34-26(33)20-16-31(11-12-35-36(5,6)27(2,3)4)24-19(25(20)32)14-17(15-22(24)30)13-18-9-8-10-21(28)23(18)29/h8-10,14-16H,7,11-13H2,1-6H3;8-10,14-16H,7,11-13,30H2,1-6H3. The predicted molar refractivity (Wildman–Crippen MR) is 293 cm³/mol. The maximum atomic E-state index is 14.6. The van der Waals surface area contributed by atoms with E-state index >= 15 is 0 Å². The second-order valence-electron chi connectivity index (χ2n) is 21.0. The van der Waals surface area contributed by atoms with Crippen LogP contribution in [0.25, 0.3) is 21.8 Å². The number of carbonyl (C=O) groups excluding carboxylic acids is 2. The fraction of sp³-hybridized carbons (Fsp3) is 0.407. The Morgan fingerprint density at radius 1 is 0.712 bits per heavy atom. The van der Waals surface area contributed by atoms with Crippen LogP contribution in [0.4, 0.5) is 20.2 Å². The molecule has 0 aliphatic heterocycles. The molecule has 2 aromatic heterocycles. The molecule has 0 radical (unpaired) electrons. The van der Waals surface area contributed by atoms with Gasteiger partial charge < -0.3 is 28.5 Å². The van der Waals surface area contributed by atoms with E-state index in [1.165, 1.54) is 42.7 Å². The fourth-order valence-corrected chi connectivity index (χ4v) is 10.2. The maximum Gasteiger partial charge on any atom is 0.343 e. The summed E-state index contributed by atoms with van der Waals surface area (Å²) in [6, 6.07) is 15.5. The summed E-state index contributed by atoms with van der Waals surface area (Å²) in [7, 11) is -4.10. The summed E-state index contributed by atoms with van der Waals surface area (Å²) >= 11 is 11.8. The van der Waals surface area contributed by atoms with E-state index in [1.807, 2.05) is 0 Å². The zero-order chi connectivity index (χ0) is 54.5. The van der Waals surface area contributed by atoms with E-state index < -0.39 is 50.0 Å². The third-order valence-corrected chi connectivity index (χ3v) is 23.5. The summed E-state index contributed by atoms with van der Waals surface area (Å²) in [5, 5.41) is 12.4. The first-order valence-electron chi connectivity index (χ1n) is 24.1. The van der Waals surface area contributed by atoms with E-state index in [4.69, 9.17) is 42.5 Å². The highest BCUT2D eigenvalue weighted by molar-refractivity contribution is 6.74. The lowest BCUT2D eigenvalue weighted by Gasteiger charge is -2.36. The van der Waals surface area contributed by atoms with E-state index in [0.29, 0.717) is 41.0 Å². The normalized spacial score (nSPS) is 12.2. The van der Waals surface area contributed by atoms with E-state index in [0.717, 1.165) is 0 Å². The number of non-ortho nitro benzene ring substituents is 1. The minimum absolute atomic E-state index is 0.0109. The van der Waals surface area contributed by atoms with Crippen molar-refractivity contribution in [3.63, 3.8) is 0 Å². The fourth-order valence-electron chi connectivity index (χ4n) is 7.69. The van der Waals surface area contributed by atoms with Crippen LogP contribution in [-0.2, 0) is 39.5 Å². The number of ether oxygens (including phenoxy) is 1. The molecule has 0 unspecified atom stereocenters. The molecule has 73 heavy (non-hydrogen) atoms. The van der Waals surface area contributed by atoms with Crippen molar-refractivity contribution in [2.24, 2.45) is 0 Å². The smallest absolute Gasteiger partial charge is 0.343 e. The van der Waals surface area contributed by atoms with Gasteiger partial charge in [0.25, 0.3) is 5.69 Å². The first-order chi connectivity index (χ1) is 33.9. The number of nitro benzene ring substituents is 1. The van der Waals surface area contributed by atoms with Gasteiger partial charge in [-0.05, 0) is 95.8 Å². The molecule has 0 saturated heterocycles. The number of anilines is 1. The van der Waals surface area contributed by atoms with Crippen molar-refractivity contribution in [2.75, 3.05) is 25.6 Å². The number of nitrogens with zero attached hydrogens (tertiary/aromatic N) is 3. The van der Waals surface area contributed by atoms with Gasteiger partial charge in [0.2, 0.25) is 5.43 Å². The number of benzene rings is 4. The van der Waals surface area contributed by atoms with Gasteiger partial charge in [-0.1, -0.05) is 95.9 Å². The van der Waals surface area contributed by atoms with Crippen molar-refractivity contribution >= 4 is 84.8 Å². The molecule has 0 bridgehead atoms. The van der Waals surface area contributed by atoms with Crippen molar-refractivity contribution in [1.82, 2.24) is 9.13 Å². The number of halogens is 4. The highest BCUT2D eigenvalue weighted by Crippen LogP contribution is 2.38. The number of ketones is 1. The van der Waals surface area contributed by atoms with Crippen molar-refractivity contribution < 1.29 is 36.9 Å². The van der Waals surface area contributed by atoms with Crippen LogP contribution in [0.2, 0.25) is 46.3 Å². The lowest BCUT2D eigenvalue weighted by atomic mass is 9.99. The maximum absolute atomic E-state index is 14.6. The molecule has 0 saturated carbocycles. The van der Waals surface area contributed by atoms with Crippen LogP contribution in [0.3, 0.4) is 0 Å². The molecule has 6 aromatic rings. The summed E-state index contributed by atoms with van der Waals surface area (Å²) in [6.07, 6.45) is 3.17. The minimum Gasteiger partial charge on any atom is -0.462 e. The Morgan fingerprint density at radius 3 is 1.60 bits per heavy atom. The van der Waals surface area contributed by atoms with Crippen LogP contribution < -0.4 is 16.6 Å². The third kappa shape index (κ3) is 13.4. The molecule has 392 valence electrons. The topological polar surface area (TPSA) is 175 Å². The van der Waals surface area contributed by atoms with Gasteiger partial charge in [0.05, 0.1) is 56.9 Å². The zero-order valence-electron chi connectivity index (χ0n) is 43.7. The number of Topliss-reactive ketones (excluding diaryl/α,β-unsaturated/α-hetero) is 1. The highest BCUT2D eigenvalue weighted by Gasteiger charge is 2.38. The molecule has 6 rings (SSSR count). The number of pyridine rings is 2. The number of esters is 1. The zero-order valence-corrected chi connectivity index (χ0v) is 47.2. The number of nitrogen functional groups attached to an aromatic ring is 1. The van der Waals surface area contributed by atoms with Crippen LogP contribution >= 0.6 is 23.2 Å². The van der Waals surface area contributed by atoms with E-state index in [-0.39, 0.29) is 104 Å². The predicted octanol–water partition coefficient (Wildman–Crippen LogP) is 13.1. The summed E-state index contributed by atoms with van der Waals surface area (Å²) in [5.74, 6) is -2.20. The Kier molecular flexibility index (Phi) is 18.6. The highest BCUT2D eigenvalue weighted by atomic mass is 35.5. The summed E-state index contributed by atoms with van der Waals surface area (Å²) in [6.45, 7) is 26.1. The van der Waals surface area contributed by atoms with Crippen LogP contribution in [-0.4, -0.2) is 62.3 Å². The van der Waals surface area contributed by atoms with Gasteiger partial charge in [0.15, 0.2) is 27.8 Å². The number of carbonyl (C=O) groups is 2. The van der Waals surface area contributed by atoms with Crippen molar-refractivity contribution in [2.45, 2.75) is 124 Å². The van der Waals surface area contributed by atoms with E-state index in [1.54, 1.807) is 53.3 Å². The SMILES string of the molecule is CCC(=O)c1cn(CCO[Si](C)(C)C(C)(C)C)c2c([N+](=O)[O-])cc(Cc3cccc(Cl)c3F)cc2c1=O.CCOC(=O)c1cn(CCO[Si](C)(C)C(C)(C)C)c2c(N)cc(Cc3cccc(Cl)c3F)cc2c1=O. The van der Waals surface area contributed by atoms with E-state index in [2.05, 4.69) is 67.7 Å². The summed E-state index contributed by atoms with van der Waals surface area (Å²) < 4.78 is 50.1. The Hall–Kier alpha value is -5.57. The van der Waals surface area contributed by atoms with Crippen LogP contribution in [0.15, 0.2) is 82.6 Å².